The summed E-state index contributed by atoms with van der Waals surface area (Å²) in [6.07, 6.45) is 6.09. The molecule has 118 valence electrons. The molecule has 2 aliphatic rings. The molecule has 0 amide bonds. The Morgan fingerprint density at radius 3 is 2.50 bits per heavy atom. The molecule has 20 heavy (non-hydrogen) atoms. The maximum absolute atomic E-state index is 3.62. The van der Waals surface area contributed by atoms with E-state index < -0.39 is 0 Å². The van der Waals surface area contributed by atoms with Crippen molar-refractivity contribution >= 4 is 0 Å². The number of rotatable bonds is 8. The number of nitrogens with zero attached hydrogens (tertiary/aromatic N) is 1. The van der Waals surface area contributed by atoms with E-state index in [9.17, 15) is 0 Å². The first-order valence-electron chi connectivity index (χ1n) is 8.75. The van der Waals surface area contributed by atoms with Crippen molar-refractivity contribution < 1.29 is 0 Å². The Kier molecular flexibility index (Phi) is 5.53. The van der Waals surface area contributed by atoms with Crippen LogP contribution in [-0.4, -0.2) is 38.1 Å². The molecule has 2 bridgehead atoms. The van der Waals surface area contributed by atoms with Crippen LogP contribution in [0.25, 0.3) is 0 Å². The van der Waals surface area contributed by atoms with Crippen LogP contribution in [0.4, 0.5) is 0 Å². The first-order chi connectivity index (χ1) is 9.35. The van der Waals surface area contributed by atoms with Gasteiger partial charge in [-0.2, -0.15) is 0 Å². The lowest BCUT2D eigenvalue weighted by molar-refractivity contribution is 0.159. The fourth-order valence-electron chi connectivity index (χ4n) is 4.55. The highest BCUT2D eigenvalue weighted by molar-refractivity contribution is 4.91. The summed E-state index contributed by atoms with van der Waals surface area (Å²) in [6, 6.07) is 0. The normalized spacial score (nSPS) is 29.9. The molecule has 3 atom stereocenters. The fraction of sp³-hybridized carbons (Fsp3) is 1.00. The molecule has 0 aromatic heterocycles. The van der Waals surface area contributed by atoms with Crippen LogP contribution in [0.2, 0.25) is 0 Å². The monoisotopic (exact) mass is 280 g/mol. The van der Waals surface area contributed by atoms with Crippen molar-refractivity contribution in [2.45, 2.75) is 53.4 Å². The highest BCUT2D eigenvalue weighted by Crippen LogP contribution is 2.48. The van der Waals surface area contributed by atoms with Gasteiger partial charge < -0.3 is 10.2 Å². The second-order valence-electron chi connectivity index (χ2n) is 8.82. The Balaban J connectivity index is 1.68. The zero-order valence-corrected chi connectivity index (χ0v) is 14.4. The van der Waals surface area contributed by atoms with E-state index in [4.69, 9.17) is 0 Å². The highest BCUT2D eigenvalue weighted by atomic mass is 15.1. The van der Waals surface area contributed by atoms with Crippen LogP contribution in [0.5, 0.6) is 0 Å². The summed E-state index contributed by atoms with van der Waals surface area (Å²) in [7, 11) is 2.33. The molecule has 2 heteroatoms. The average molecular weight is 280 g/mol. The van der Waals surface area contributed by atoms with E-state index in [0.29, 0.717) is 5.41 Å². The molecule has 1 N–H and O–H groups in total. The third-order valence-corrected chi connectivity index (χ3v) is 5.28. The van der Waals surface area contributed by atoms with E-state index in [0.717, 1.165) is 36.8 Å². The minimum Gasteiger partial charge on any atom is -0.316 e. The number of hydrogen-bond donors (Lipinski definition) is 1. The molecule has 2 rings (SSSR count). The van der Waals surface area contributed by atoms with Crippen LogP contribution in [0.1, 0.15) is 53.4 Å². The van der Waals surface area contributed by atoms with Gasteiger partial charge in [-0.3, -0.25) is 0 Å². The Hall–Kier alpha value is -0.0800. The fourth-order valence-corrected chi connectivity index (χ4v) is 4.55. The molecule has 0 aliphatic heterocycles. The summed E-state index contributed by atoms with van der Waals surface area (Å²) in [5, 5.41) is 3.62. The molecule has 0 aromatic rings. The maximum Gasteiger partial charge on any atom is 0.00419 e. The molecule has 0 saturated heterocycles. The average Bonchev–Trinajstić information content (AvgIpc) is 2.88. The van der Waals surface area contributed by atoms with Crippen LogP contribution in [0, 0.1) is 29.1 Å². The smallest absolute Gasteiger partial charge is 0.00419 e. The van der Waals surface area contributed by atoms with E-state index in [2.05, 4.69) is 45.0 Å². The zero-order valence-electron chi connectivity index (χ0n) is 14.4. The molecule has 0 aromatic carbocycles. The topological polar surface area (TPSA) is 15.3 Å². The standard InChI is InChI=1S/C18H36N2/c1-14(2)10-19-12-18(3,4)13-20(5)11-17-9-15-6-7-16(17)8-15/h14-17,19H,6-13H2,1-5H3. The predicted octanol–water partition coefficient (Wildman–Crippen LogP) is 3.63. The van der Waals surface area contributed by atoms with Crippen LogP contribution in [0.15, 0.2) is 0 Å². The first-order valence-corrected chi connectivity index (χ1v) is 8.75. The van der Waals surface area contributed by atoms with E-state index in [-0.39, 0.29) is 0 Å². The molecule has 2 aliphatic carbocycles. The SMILES string of the molecule is CC(C)CNCC(C)(C)CN(C)CC1CC2CCC1C2. The van der Waals surface area contributed by atoms with Gasteiger partial charge in [0.1, 0.15) is 0 Å². The lowest BCUT2D eigenvalue weighted by atomic mass is 9.87. The van der Waals surface area contributed by atoms with Gasteiger partial charge in [0.05, 0.1) is 0 Å². The summed E-state index contributed by atoms with van der Waals surface area (Å²) in [6.45, 7) is 14.2. The molecule has 0 spiro atoms. The molecule has 0 heterocycles. The van der Waals surface area contributed by atoms with Crippen LogP contribution < -0.4 is 5.32 Å². The van der Waals surface area contributed by atoms with Gasteiger partial charge in [-0.05, 0) is 61.9 Å². The van der Waals surface area contributed by atoms with Gasteiger partial charge in [-0.15, -0.1) is 0 Å². The largest absolute Gasteiger partial charge is 0.316 e. The lowest BCUT2D eigenvalue weighted by Crippen LogP contribution is -2.41. The molecule has 2 saturated carbocycles. The minimum absolute atomic E-state index is 0.376. The summed E-state index contributed by atoms with van der Waals surface area (Å²) in [4.78, 5) is 2.60. The second-order valence-corrected chi connectivity index (χ2v) is 8.82. The van der Waals surface area contributed by atoms with Crippen LogP contribution >= 0.6 is 0 Å². The van der Waals surface area contributed by atoms with Gasteiger partial charge in [0, 0.05) is 19.6 Å². The highest BCUT2D eigenvalue weighted by Gasteiger charge is 2.39. The second kappa shape index (κ2) is 6.79. The Labute approximate surface area is 126 Å². The predicted molar refractivity (Wildman–Crippen MR) is 87.9 cm³/mol. The molecule has 2 fully saturated rings. The van der Waals surface area contributed by atoms with Crippen molar-refractivity contribution in [2.75, 3.05) is 33.2 Å². The minimum atomic E-state index is 0.376. The number of hydrogen-bond acceptors (Lipinski definition) is 2. The van der Waals surface area contributed by atoms with Crippen LogP contribution in [0.3, 0.4) is 0 Å². The summed E-state index contributed by atoms with van der Waals surface area (Å²) in [5.41, 5.74) is 0.376. The summed E-state index contributed by atoms with van der Waals surface area (Å²) >= 11 is 0. The summed E-state index contributed by atoms with van der Waals surface area (Å²) in [5.74, 6) is 3.89. The molecular formula is C18H36N2. The van der Waals surface area contributed by atoms with Crippen molar-refractivity contribution in [3.8, 4) is 0 Å². The molecule has 2 nitrogen and oxygen atoms in total. The van der Waals surface area contributed by atoms with Crippen molar-refractivity contribution in [1.29, 1.82) is 0 Å². The van der Waals surface area contributed by atoms with Gasteiger partial charge in [0.25, 0.3) is 0 Å². The zero-order chi connectivity index (χ0) is 14.8. The molecular weight excluding hydrogens is 244 g/mol. The first kappa shape index (κ1) is 16.3. The van der Waals surface area contributed by atoms with Crippen molar-refractivity contribution in [2.24, 2.45) is 29.1 Å². The maximum atomic E-state index is 3.62. The van der Waals surface area contributed by atoms with Crippen LogP contribution in [-0.2, 0) is 0 Å². The van der Waals surface area contributed by atoms with E-state index in [1.54, 1.807) is 0 Å². The quantitative estimate of drug-likeness (QED) is 0.730. The van der Waals surface area contributed by atoms with E-state index in [1.807, 2.05) is 0 Å². The van der Waals surface area contributed by atoms with Gasteiger partial charge in [-0.25, -0.2) is 0 Å². The number of fused-ring (bicyclic) bond motifs is 2. The van der Waals surface area contributed by atoms with Gasteiger partial charge in [0.2, 0.25) is 0 Å². The lowest BCUT2D eigenvalue weighted by Gasteiger charge is -2.34. The Bertz CT molecular complexity index is 298. The van der Waals surface area contributed by atoms with E-state index >= 15 is 0 Å². The van der Waals surface area contributed by atoms with Crippen molar-refractivity contribution in [3.63, 3.8) is 0 Å². The Morgan fingerprint density at radius 2 is 1.95 bits per heavy atom. The third kappa shape index (κ3) is 4.73. The third-order valence-electron chi connectivity index (χ3n) is 5.28. The molecule has 0 radical (unpaired) electrons. The van der Waals surface area contributed by atoms with Gasteiger partial charge in [0.15, 0.2) is 0 Å². The van der Waals surface area contributed by atoms with Gasteiger partial charge >= 0.3 is 0 Å². The van der Waals surface area contributed by atoms with E-state index in [1.165, 1.54) is 38.8 Å². The summed E-state index contributed by atoms with van der Waals surface area (Å²) < 4.78 is 0. The molecule has 3 unspecified atom stereocenters. The van der Waals surface area contributed by atoms with Gasteiger partial charge in [-0.1, -0.05) is 34.1 Å². The van der Waals surface area contributed by atoms with Crippen molar-refractivity contribution in [1.82, 2.24) is 10.2 Å². The Morgan fingerprint density at radius 1 is 1.20 bits per heavy atom. The number of nitrogens with one attached hydrogen (secondary N) is 1. The van der Waals surface area contributed by atoms with Crippen molar-refractivity contribution in [3.05, 3.63) is 0 Å².